The lowest BCUT2D eigenvalue weighted by Crippen LogP contribution is -2.26. The Hall–Kier alpha value is -1.06. The minimum Gasteiger partial charge on any atom is -0.479 e. The average Bonchev–Trinajstić information content (AvgIpc) is 2.20. The molecule has 1 rings (SSSR count). The summed E-state index contributed by atoms with van der Waals surface area (Å²) in [7, 11) is 0. The van der Waals surface area contributed by atoms with Crippen molar-refractivity contribution in [2.45, 2.75) is 19.4 Å². The van der Waals surface area contributed by atoms with Crippen molar-refractivity contribution in [2.24, 2.45) is 0 Å². The van der Waals surface area contributed by atoms with Crippen molar-refractivity contribution in [1.29, 1.82) is 0 Å². The number of hydrogen-bond donors (Lipinski definition) is 1. The van der Waals surface area contributed by atoms with Crippen LogP contribution in [0.4, 0.5) is 0 Å². The Morgan fingerprint density at radius 1 is 1.47 bits per heavy atom. The van der Waals surface area contributed by atoms with Crippen molar-refractivity contribution < 1.29 is 14.6 Å². The predicted molar refractivity (Wildman–Crippen MR) is 58.2 cm³/mol. The average molecular weight is 229 g/mol. The van der Waals surface area contributed by atoms with E-state index in [-0.39, 0.29) is 0 Å². The Labute approximate surface area is 93.6 Å². The number of carboxylic acids is 1. The largest absolute Gasteiger partial charge is 0.479 e. The van der Waals surface area contributed by atoms with Gasteiger partial charge in [0.05, 0.1) is 0 Å². The molecule has 15 heavy (non-hydrogen) atoms. The molecule has 1 aromatic carbocycles. The van der Waals surface area contributed by atoms with Crippen LogP contribution < -0.4 is 0 Å². The predicted octanol–water partition coefficient (Wildman–Crippen LogP) is 2.37. The number of rotatable bonds is 5. The normalized spacial score (nSPS) is 12.4. The van der Waals surface area contributed by atoms with Gasteiger partial charge in [-0.3, -0.25) is 0 Å². The van der Waals surface area contributed by atoms with Crippen molar-refractivity contribution >= 4 is 17.6 Å². The number of hydrogen-bond acceptors (Lipinski definition) is 2. The Morgan fingerprint density at radius 2 is 2.07 bits per heavy atom. The third kappa shape index (κ3) is 3.90. The zero-order valence-corrected chi connectivity index (χ0v) is 9.20. The molecule has 0 amide bonds. The van der Waals surface area contributed by atoms with E-state index in [0.717, 1.165) is 5.56 Å². The van der Waals surface area contributed by atoms with E-state index in [9.17, 15) is 4.79 Å². The zero-order chi connectivity index (χ0) is 11.3. The molecule has 82 valence electrons. The molecule has 0 spiro atoms. The molecule has 0 aliphatic carbocycles. The molecule has 0 bridgehead atoms. The molecule has 0 unspecified atom stereocenters. The summed E-state index contributed by atoms with van der Waals surface area (Å²) in [6, 6.07) is 7.08. The van der Waals surface area contributed by atoms with Crippen molar-refractivity contribution in [1.82, 2.24) is 0 Å². The fraction of sp³-hybridized carbons (Fsp3) is 0.364. The van der Waals surface area contributed by atoms with E-state index >= 15 is 0 Å². The van der Waals surface area contributed by atoms with Gasteiger partial charge in [0, 0.05) is 18.1 Å². The molecule has 0 aliphatic rings. The minimum atomic E-state index is -0.938. The Bertz CT molecular complexity index is 321. The van der Waals surface area contributed by atoms with E-state index in [1.54, 1.807) is 31.2 Å². The number of carbonyl (C=O) groups is 1. The van der Waals surface area contributed by atoms with E-state index < -0.39 is 12.1 Å². The van der Waals surface area contributed by atoms with Gasteiger partial charge in [0.2, 0.25) is 0 Å². The number of carboxylic acid groups (broad SMARTS) is 1. The molecule has 0 aliphatic heterocycles. The van der Waals surface area contributed by atoms with Gasteiger partial charge in [-0.15, -0.1) is 0 Å². The van der Waals surface area contributed by atoms with Gasteiger partial charge in [-0.1, -0.05) is 23.7 Å². The zero-order valence-electron chi connectivity index (χ0n) is 8.44. The highest BCUT2D eigenvalue weighted by Gasteiger charge is 2.17. The number of benzene rings is 1. The summed E-state index contributed by atoms with van der Waals surface area (Å²) in [6.45, 7) is 2.17. The van der Waals surface area contributed by atoms with Crippen molar-refractivity contribution in [3.63, 3.8) is 0 Å². The highest BCUT2D eigenvalue weighted by atomic mass is 35.5. The number of aliphatic carboxylic acids is 1. The molecule has 1 atom stereocenters. The summed E-state index contributed by atoms with van der Waals surface area (Å²) < 4.78 is 5.11. The lowest BCUT2D eigenvalue weighted by molar-refractivity contribution is -0.149. The quantitative estimate of drug-likeness (QED) is 0.842. The first kappa shape index (κ1) is 12.0. The summed E-state index contributed by atoms with van der Waals surface area (Å²) in [4.78, 5) is 10.8. The first-order chi connectivity index (χ1) is 7.13. The van der Waals surface area contributed by atoms with Crippen LogP contribution in [0.2, 0.25) is 5.02 Å². The number of ether oxygens (including phenoxy) is 1. The molecule has 0 aromatic heterocycles. The Kier molecular flexibility index (Phi) is 4.59. The van der Waals surface area contributed by atoms with Crippen LogP contribution in [0.3, 0.4) is 0 Å². The van der Waals surface area contributed by atoms with Gasteiger partial charge >= 0.3 is 5.97 Å². The monoisotopic (exact) mass is 228 g/mol. The molecule has 0 saturated heterocycles. The first-order valence-corrected chi connectivity index (χ1v) is 5.10. The Balaban J connectivity index is 2.65. The molecule has 0 saturated carbocycles. The van der Waals surface area contributed by atoms with Crippen molar-refractivity contribution in [2.75, 3.05) is 6.61 Å². The van der Waals surface area contributed by atoms with E-state index in [2.05, 4.69) is 0 Å². The fourth-order valence-electron chi connectivity index (χ4n) is 1.25. The van der Waals surface area contributed by atoms with Gasteiger partial charge in [0.25, 0.3) is 0 Å². The van der Waals surface area contributed by atoms with Gasteiger partial charge in [-0.2, -0.15) is 0 Å². The molecule has 1 aromatic rings. The molecule has 3 nitrogen and oxygen atoms in total. The van der Waals surface area contributed by atoms with Crippen LogP contribution in [-0.2, 0) is 16.0 Å². The molecular weight excluding hydrogens is 216 g/mol. The SMILES string of the molecule is CCO[C@H](Cc1ccc(Cl)cc1)C(=O)O. The minimum absolute atomic E-state index is 0.361. The van der Waals surface area contributed by atoms with Crippen LogP contribution in [0.15, 0.2) is 24.3 Å². The summed E-state index contributed by atoms with van der Waals surface area (Å²) in [6.07, 6.45) is -0.420. The van der Waals surface area contributed by atoms with Crippen molar-refractivity contribution in [3.8, 4) is 0 Å². The van der Waals surface area contributed by atoms with Gasteiger partial charge in [-0.05, 0) is 24.6 Å². The fourth-order valence-corrected chi connectivity index (χ4v) is 1.38. The number of halogens is 1. The second kappa shape index (κ2) is 5.73. The van der Waals surface area contributed by atoms with Gasteiger partial charge < -0.3 is 9.84 Å². The first-order valence-electron chi connectivity index (χ1n) is 4.72. The lowest BCUT2D eigenvalue weighted by atomic mass is 10.1. The summed E-state index contributed by atoms with van der Waals surface area (Å²) in [5.74, 6) is -0.938. The topological polar surface area (TPSA) is 46.5 Å². The van der Waals surface area contributed by atoms with Gasteiger partial charge in [-0.25, -0.2) is 4.79 Å². The second-order valence-electron chi connectivity index (χ2n) is 3.11. The van der Waals surface area contributed by atoms with Crippen LogP contribution >= 0.6 is 11.6 Å². The van der Waals surface area contributed by atoms with E-state index in [1.165, 1.54) is 0 Å². The maximum atomic E-state index is 10.8. The third-order valence-electron chi connectivity index (χ3n) is 1.98. The third-order valence-corrected chi connectivity index (χ3v) is 2.23. The second-order valence-corrected chi connectivity index (χ2v) is 3.55. The molecule has 4 heteroatoms. The molecule has 1 N–H and O–H groups in total. The highest BCUT2D eigenvalue weighted by molar-refractivity contribution is 6.30. The summed E-state index contributed by atoms with van der Waals surface area (Å²) in [5.41, 5.74) is 0.903. The van der Waals surface area contributed by atoms with E-state index in [0.29, 0.717) is 18.1 Å². The van der Waals surface area contributed by atoms with Crippen LogP contribution in [0, 0.1) is 0 Å². The van der Waals surface area contributed by atoms with Crippen LogP contribution in [0.25, 0.3) is 0 Å². The smallest absolute Gasteiger partial charge is 0.333 e. The summed E-state index contributed by atoms with van der Waals surface area (Å²) >= 11 is 5.72. The van der Waals surface area contributed by atoms with E-state index in [1.807, 2.05) is 0 Å². The lowest BCUT2D eigenvalue weighted by Gasteiger charge is -2.12. The maximum absolute atomic E-state index is 10.8. The molecular formula is C11H13ClO3. The van der Waals surface area contributed by atoms with Crippen LogP contribution in [0.1, 0.15) is 12.5 Å². The molecule has 0 radical (unpaired) electrons. The standard InChI is InChI=1S/C11H13ClO3/c1-2-15-10(11(13)14)7-8-3-5-9(12)6-4-8/h3-6,10H,2,7H2,1H3,(H,13,14)/t10-/m1/s1. The van der Waals surface area contributed by atoms with Crippen LogP contribution in [0.5, 0.6) is 0 Å². The molecule has 0 fully saturated rings. The molecule has 0 heterocycles. The van der Waals surface area contributed by atoms with Crippen LogP contribution in [-0.4, -0.2) is 23.8 Å². The summed E-state index contributed by atoms with van der Waals surface area (Å²) in [5, 5.41) is 9.51. The van der Waals surface area contributed by atoms with E-state index in [4.69, 9.17) is 21.4 Å². The highest BCUT2D eigenvalue weighted by Crippen LogP contribution is 2.12. The van der Waals surface area contributed by atoms with Gasteiger partial charge in [0.15, 0.2) is 6.10 Å². The maximum Gasteiger partial charge on any atom is 0.333 e. The van der Waals surface area contributed by atoms with Crippen molar-refractivity contribution in [3.05, 3.63) is 34.9 Å². The van der Waals surface area contributed by atoms with Gasteiger partial charge in [0.1, 0.15) is 0 Å². The Morgan fingerprint density at radius 3 is 2.53 bits per heavy atom.